The van der Waals surface area contributed by atoms with E-state index in [1.165, 1.54) is 44.2 Å². The van der Waals surface area contributed by atoms with Crippen LogP contribution in [0, 0.1) is 13.8 Å². The number of hydrogen-bond donors (Lipinski definition) is 0. The van der Waals surface area contributed by atoms with Gasteiger partial charge in [0.2, 0.25) is 0 Å². The molecule has 0 fully saturated rings. The number of imidazole rings is 1. The highest BCUT2D eigenvalue weighted by atomic mass is 15.0. The van der Waals surface area contributed by atoms with Crippen molar-refractivity contribution in [2.75, 3.05) is 0 Å². The largest absolute Gasteiger partial charge is 0.299 e. The molecule has 2 aromatic heterocycles. The van der Waals surface area contributed by atoms with Gasteiger partial charge in [-0.15, -0.1) is 0 Å². The Morgan fingerprint density at radius 3 is 1.84 bits per heavy atom. The maximum absolute atomic E-state index is 5.06. The molecule has 0 unspecified atom stereocenters. The van der Waals surface area contributed by atoms with Crippen molar-refractivity contribution < 1.29 is 0 Å². The molecule has 148 valence electrons. The summed E-state index contributed by atoms with van der Waals surface area (Å²) in [7, 11) is 0. The molecular weight excluding hydrogens is 376 g/mol. The average molecular weight is 399 g/mol. The van der Waals surface area contributed by atoms with Gasteiger partial charge in [-0.2, -0.15) is 0 Å². The van der Waals surface area contributed by atoms with Gasteiger partial charge in [-0.3, -0.25) is 4.40 Å². The second kappa shape index (κ2) is 6.82. The normalized spacial score (nSPS) is 11.5. The van der Waals surface area contributed by atoms with E-state index >= 15 is 0 Å². The molecule has 0 saturated carbocycles. The second-order valence-electron chi connectivity index (χ2n) is 8.27. The molecule has 0 amide bonds. The van der Waals surface area contributed by atoms with Gasteiger partial charge in [-0.05, 0) is 48.1 Å². The van der Waals surface area contributed by atoms with Crippen molar-refractivity contribution in [3.05, 3.63) is 108 Å². The second-order valence-corrected chi connectivity index (χ2v) is 8.27. The number of rotatable bonds is 2. The number of aryl methyl sites for hydroxylation is 2. The first kappa shape index (κ1) is 17.9. The monoisotopic (exact) mass is 398 g/mol. The van der Waals surface area contributed by atoms with Gasteiger partial charge in [-0.25, -0.2) is 4.98 Å². The standard InChI is InChI=1S/C29H22N2/c1-19-10-14-21(15-11-19)26-23-7-3-4-8-24(23)28-29(31-18-6-5-9-25(31)30-28)27(26)22-16-12-20(2)13-17-22/h3-18H,1-2H3. The molecule has 0 aliphatic carbocycles. The van der Waals surface area contributed by atoms with Crippen LogP contribution in [0.1, 0.15) is 11.1 Å². The summed E-state index contributed by atoms with van der Waals surface area (Å²) < 4.78 is 2.23. The van der Waals surface area contributed by atoms with E-state index < -0.39 is 0 Å². The maximum atomic E-state index is 5.06. The van der Waals surface area contributed by atoms with E-state index in [1.807, 2.05) is 0 Å². The summed E-state index contributed by atoms with van der Waals surface area (Å²) in [5.74, 6) is 0. The number of fused-ring (bicyclic) bond motifs is 5. The Bertz CT molecular complexity index is 1570. The minimum absolute atomic E-state index is 0.970. The summed E-state index contributed by atoms with van der Waals surface area (Å²) >= 11 is 0. The summed E-state index contributed by atoms with van der Waals surface area (Å²) in [5.41, 5.74) is 10.6. The lowest BCUT2D eigenvalue weighted by molar-refractivity contribution is 1.23. The highest BCUT2D eigenvalue weighted by Crippen LogP contribution is 2.44. The van der Waals surface area contributed by atoms with Gasteiger partial charge in [-0.1, -0.05) is 90.0 Å². The summed E-state index contributed by atoms with van der Waals surface area (Å²) in [6.07, 6.45) is 2.12. The van der Waals surface area contributed by atoms with E-state index in [0.29, 0.717) is 0 Å². The molecule has 2 nitrogen and oxygen atoms in total. The van der Waals surface area contributed by atoms with E-state index in [1.54, 1.807) is 0 Å². The summed E-state index contributed by atoms with van der Waals surface area (Å²) in [5, 5.41) is 2.42. The van der Waals surface area contributed by atoms with Crippen LogP contribution in [0.15, 0.2) is 97.2 Å². The van der Waals surface area contributed by atoms with E-state index in [4.69, 9.17) is 4.98 Å². The minimum Gasteiger partial charge on any atom is -0.299 e. The molecule has 4 aromatic carbocycles. The molecule has 6 rings (SSSR count). The first-order chi connectivity index (χ1) is 15.2. The van der Waals surface area contributed by atoms with E-state index in [0.717, 1.165) is 16.7 Å². The molecule has 0 aliphatic rings. The molecule has 0 bridgehead atoms. The van der Waals surface area contributed by atoms with Crippen molar-refractivity contribution in [1.82, 2.24) is 9.38 Å². The van der Waals surface area contributed by atoms with Crippen LogP contribution >= 0.6 is 0 Å². The Morgan fingerprint density at radius 2 is 1.16 bits per heavy atom. The Morgan fingerprint density at radius 1 is 0.581 bits per heavy atom. The van der Waals surface area contributed by atoms with Crippen molar-refractivity contribution in [2.45, 2.75) is 13.8 Å². The van der Waals surface area contributed by atoms with Crippen LogP contribution in [-0.2, 0) is 0 Å². The van der Waals surface area contributed by atoms with Gasteiger partial charge in [0, 0.05) is 17.1 Å². The third-order valence-electron chi connectivity index (χ3n) is 6.15. The average Bonchev–Trinajstić information content (AvgIpc) is 3.19. The molecule has 0 N–H and O–H groups in total. The Kier molecular flexibility index (Phi) is 3.94. The number of benzene rings is 4. The molecule has 2 heteroatoms. The zero-order chi connectivity index (χ0) is 20.9. The van der Waals surface area contributed by atoms with Crippen LogP contribution in [0.4, 0.5) is 0 Å². The zero-order valence-corrected chi connectivity index (χ0v) is 17.6. The molecular formula is C29H22N2. The van der Waals surface area contributed by atoms with Crippen LogP contribution < -0.4 is 0 Å². The van der Waals surface area contributed by atoms with E-state index in [-0.39, 0.29) is 0 Å². The van der Waals surface area contributed by atoms with Gasteiger partial charge in [0.25, 0.3) is 0 Å². The van der Waals surface area contributed by atoms with Gasteiger partial charge in [0.1, 0.15) is 5.65 Å². The van der Waals surface area contributed by atoms with Crippen molar-refractivity contribution >= 4 is 27.5 Å². The maximum Gasteiger partial charge on any atom is 0.137 e. The molecule has 0 spiro atoms. The molecule has 0 radical (unpaired) electrons. The molecule has 2 heterocycles. The lowest BCUT2D eigenvalue weighted by Crippen LogP contribution is -1.93. The molecule has 0 aliphatic heterocycles. The Hall–Kier alpha value is -3.91. The summed E-state index contributed by atoms with van der Waals surface area (Å²) in [4.78, 5) is 5.06. The predicted octanol–water partition coefficient (Wildman–Crippen LogP) is 7.59. The number of aromatic nitrogens is 2. The van der Waals surface area contributed by atoms with Crippen LogP contribution in [0.2, 0.25) is 0 Å². The van der Waals surface area contributed by atoms with Crippen LogP contribution in [0.5, 0.6) is 0 Å². The summed E-state index contributed by atoms with van der Waals surface area (Å²) in [6.45, 7) is 4.27. The highest BCUT2D eigenvalue weighted by Gasteiger charge is 2.21. The minimum atomic E-state index is 0.970. The van der Waals surface area contributed by atoms with E-state index in [2.05, 4.69) is 115 Å². The van der Waals surface area contributed by atoms with Crippen LogP contribution in [0.25, 0.3) is 49.7 Å². The van der Waals surface area contributed by atoms with Crippen molar-refractivity contribution in [1.29, 1.82) is 0 Å². The number of hydrogen-bond acceptors (Lipinski definition) is 1. The lowest BCUT2D eigenvalue weighted by Gasteiger charge is -2.17. The molecule has 6 aromatic rings. The lowest BCUT2D eigenvalue weighted by atomic mass is 9.88. The third-order valence-corrected chi connectivity index (χ3v) is 6.15. The Labute approximate surface area is 181 Å². The van der Waals surface area contributed by atoms with E-state index in [9.17, 15) is 0 Å². The SMILES string of the molecule is Cc1ccc(-c2c(-c3ccc(C)cc3)c3c(nc4ccccn43)c3ccccc23)cc1. The Balaban J connectivity index is 1.90. The van der Waals surface area contributed by atoms with Gasteiger partial charge >= 0.3 is 0 Å². The molecule has 0 saturated heterocycles. The molecule has 31 heavy (non-hydrogen) atoms. The smallest absolute Gasteiger partial charge is 0.137 e. The third kappa shape index (κ3) is 2.76. The van der Waals surface area contributed by atoms with Crippen LogP contribution in [-0.4, -0.2) is 9.38 Å². The van der Waals surface area contributed by atoms with Crippen molar-refractivity contribution in [3.63, 3.8) is 0 Å². The zero-order valence-electron chi connectivity index (χ0n) is 17.6. The summed E-state index contributed by atoms with van der Waals surface area (Å²) in [6, 6.07) is 32.6. The molecule has 0 atom stereocenters. The topological polar surface area (TPSA) is 17.3 Å². The van der Waals surface area contributed by atoms with Crippen LogP contribution in [0.3, 0.4) is 0 Å². The number of pyridine rings is 1. The predicted molar refractivity (Wildman–Crippen MR) is 131 cm³/mol. The fourth-order valence-corrected chi connectivity index (χ4v) is 4.60. The quantitative estimate of drug-likeness (QED) is 0.294. The first-order valence-corrected chi connectivity index (χ1v) is 10.7. The number of nitrogens with zero attached hydrogens (tertiary/aromatic N) is 2. The fraction of sp³-hybridized carbons (Fsp3) is 0.0690. The highest BCUT2D eigenvalue weighted by molar-refractivity contribution is 6.20. The van der Waals surface area contributed by atoms with Gasteiger partial charge in [0.05, 0.1) is 11.0 Å². The fourth-order valence-electron chi connectivity index (χ4n) is 4.60. The van der Waals surface area contributed by atoms with Gasteiger partial charge in [0.15, 0.2) is 0 Å². The first-order valence-electron chi connectivity index (χ1n) is 10.7. The van der Waals surface area contributed by atoms with Crippen molar-refractivity contribution in [2.24, 2.45) is 0 Å². The van der Waals surface area contributed by atoms with Crippen molar-refractivity contribution in [3.8, 4) is 22.3 Å². The van der Waals surface area contributed by atoms with Gasteiger partial charge < -0.3 is 0 Å².